The van der Waals surface area contributed by atoms with Gasteiger partial charge in [-0.05, 0) is 60.3 Å². The minimum Gasteiger partial charge on any atom is -0.423 e. The second kappa shape index (κ2) is 7.80. The Morgan fingerprint density at radius 1 is 1.11 bits per heavy atom. The van der Waals surface area contributed by atoms with E-state index in [4.69, 9.17) is 10.2 Å². The van der Waals surface area contributed by atoms with Crippen molar-refractivity contribution in [2.45, 2.75) is 39.0 Å². The number of nitrogens with one attached hydrogen (secondary N) is 2. The van der Waals surface area contributed by atoms with Crippen molar-refractivity contribution in [2.24, 2.45) is 5.73 Å². The topological polar surface area (TPSA) is 93.2 Å². The second-order valence-electron chi connectivity index (χ2n) is 7.59. The van der Waals surface area contributed by atoms with Crippen LogP contribution in [0, 0.1) is 0 Å². The van der Waals surface area contributed by atoms with E-state index < -0.39 is 0 Å². The number of rotatable bonds is 6. The summed E-state index contributed by atoms with van der Waals surface area (Å²) in [7, 11) is 0. The molecule has 1 amide bonds. The number of oxazole rings is 1. The van der Waals surface area contributed by atoms with Gasteiger partial charge in [0.15, 0.2) is 5.58 Å². The third-order valence-corrected chi connectivity index (χ3v) is 4.28. The summed E-state index contributed by atoms with van der Waals surface area (Å²) in [6, 6.07) is 13.9. The van der Waals surface area contributed by atoms with Crippen LogP contribution in [0.25, 0.3) is 11.1 Å². The molecule has 0 saturated heterocycles. The lowest BCUT2D eigenvalue weighted by atomic mass is 9.87. The fourth-order valence-corrected chi connectivity index (χ4v) is 2.69. The highest BCUT2D eigenvalue weighted by molar-refractivity contribution is 5.90. The maximum Gasteiger partial charge on any atom is 0.300 e. The van der Waals surface area contributed by atoms with Gasteiger partial charge in [0, 0.05) is 17.8 Å². The molecule has 6 heteroatoms. The maximum atomic E-state index is 11.7. The average molecular weight is 366 g/mol. The molecule has 1 heterocycles. The highest BCUT2D eigenvalue weighted by atomic mass is 16.4. The Hall–Kier alpha value is -2.86. The first-order chi connectivity index (χ1) is 12.8. The van der Waals surface area contributed by atoms with Crippen LogP contribution in [0.15, 0.2) is 46.9 Å². The number of carbonyl (C=O) groups excluding carboxylic acids is 1. The molecule has 0 bridgehead atoms. The first-order valence-corrected chi connectivity index (χ1v) is 9.13. The fraction of sp³-hybridized carbons (Fsp3) is 0.333. The van der Waals surface area contributed by atoms with Crippen LogP contribution in [0.2, 0.25) is 0 Å². The van der Waals surface area contributed by atoms with Crippen molar-refractivity contribution in [1.29, 1.82) is 0 Å². The minimum absolute atomic E-state index is 0.0326. The predicted octanol–water partition coefficient (Wildman–Crippen LogP) is 4.55. The molecule has 0 aliphatic rings. The first-order valence-electron chi connectivity index (χ1n) is 9.13. The zero-order chi connectivity index (χ0) is 19.4. The summed E-state index contributed by atoms with van der Waals surface area (Å²) < 4.78 is 5.77. The van der Waals surface area contributed by atoms with Gasteiger partial charge in [-0.3, -0.25) is 4.79 Å². The molecule has 27 heavy (non-hydrogen) atoms. The summed E-state index contributed by atoms with van der Waals surface area (Å²) in [6.45, 7) is 7.02. The summed E-state index contributed by atoms with van der Waals surface area (Å²) in [5, 5.41) is 6.01. The van der Waals surface area contributed by atoms with Gasteiger partial charge in [0.1, 0.15) is 5.52 Å². The SMILES string of the molecule is CC(C)(C)c1ccc2oc(Nc3ccc(NC(=O)CCCN)cc3)nc2c1. The van der Waals surface area contributed by atoms with Crippen LogP contribution in [-0.4, -0.2) is 17.4 Å². The number of fused-ring (bicyclic) bond motifs is 1. The molecular weight excluding hydrogens is 340 g/mol. The normalized spacial score (nSPS) is 11.6. The number of hydrogen-bond acceptors (Lipinski definition) is 5. The van der Waals surface area contributed by atoms with E-state index in [0.717, 1.165) is 22.5 Å². The molecule has 1 aromatic heterocycles. The Balaban J connectivity index is 1.69. The van der Waals surface area contributed by atoms with Crippen LogP contribution in [0.4, 0.5) is 17.4 Å². The Morgan fingerprint density at radius 3 is 2.48 bits per heavy atom. The summed E-state index contributed by atoms with van der Waals surface area (Å²) in [6.07, 6.45) is 1.11. The van der Waals surface area contributed by atoms with Crippen molar-refractivity contribution < 1.29 is 9.21 Å². The zero-order valence-electron chi connectivity index (χ0n) is 16.0. The van der Waals surface area contributed by atoms with E-state index >= 15 is 0 Å². The largest absolute Gasteiger partial charge is 0.423 e. The number of benzene rings is 2. The van der Waals surface area contributed by atoms with Gasteiger partial charge in [0.05, 0.1) is 0 Å². The Labute approximate surface area is 159 Å². The van der Waals surface area contributed by atoms with Crippen LogP contribution in [0.3, 0.4) is 0 Å². The molecule has 6 nitrogen and oxygen atoms in total. The molecule has 0 spiro atoms. The van der Waals surface area contributed by atoms with Crippen LogP contribution >= 0.6 is 0 Å². The predicted molar refractivity (Wildman–Crippen MR) is 109 cm³/mol. The van der Waals surface area contributed by atoms with E-state index in [2.05, 4.69) is 48.5 Å². The van der Waals surface area contributed by atoms with E-state index in [0.29, 0.717) is 25.4 Å². The quantitative estimate of drug-likeness (QED) is 0.595. The van der Waals surface area contributed by atoms with E-state index in [1.807, 2.05) is 30.3 Å². The molecule has 3 rings (SSSR count). The van der Waals surface area contributed by atoms with Gasteiger partial charge in [0.2, 0.25) is 5.91 Å². The van der Waals surface area contributed by atoms with Crippen LogP contribution < -0.4 is 16.4 Å². The monoisotopic (exact) mass is 366 g/mol. The third kappa shape index (κ3) is 4.86. The van der Waals surface area contributed by atoms with Crippen LogP contribution in [0.1, 0.15) is 39.2 Å². The Kier molecular flexibility index (Phi) is 5.46. The van der Waals surface area contributed by atoms with Crippen molar-refractivity contribution in [3.63, 3.8) is 0 Å². The smallest absolute Gasteiger partial charge is 0.300 e. The van der Waals surface area contributed by atoms with Crippen LogP contribution in [0.5, 0.6) is 0 Å². The molecule has 4 N–H and O–H groups in total. The number of amides is 1. The zero-order valence-corrected chi connectivity index (χ0v) is 16.0. The number of nitrogens with zero attached hydrogens (tertiary/aromatic N) is 1. The molecule has 2 aromatic carbocycles. The standard InChI is InChI=1S/C21H26N4O2/c1-21(2,3)14-6-11-18-17(13-14)25-20(27-18)24-16-9-7-15(8-10-16)23-19(26)5-4-12-22/h6-11,13H,4-5,12,22H2,1-3H3,(H,23,26)(H,24,25). The number of carbonyl (C=O) groups is 1. The first kappa shape index (κ1) is 18.9. The third-order valence-electron chi connectivity index (χ3n) is 4.28. The highest BCUT2D eigenvalue weighted by Crippen LogP contribution is 2.28. The molecule has 0 radical (unpaired) electrons. The molecule has 0 fully saturated rings. The van der Waals surface area contributed by atoms with Crippen molar-refractivity contribution in [1.82, 2.24) is 4.98 Å². The summed E-state index contributed by atoms with van der Waals surface area (Å²) in [5.41, 5.74) is 9.84. The Bertz CT molecular complexity index is 923. The maximum absolute atomic E-state index is 11.7. The van der Waals surface area contributed by atoms with E-state index in [1.54, 1.807) is 0 Å². The molecule has 142 valence electrons. The number of aromatic nitrogens is 1. The lowest BCUT2D eigenvalue weighted by Gasteiger charge is -2.18. The number of anilines is 3. The highest BCUT2D eigenvalue weighted by Gasteiger charge is 2.16. The fourth-order valence-electron chi connectivity index (χ4n) is 2.69. The molecule has 0 unspecified atom stereocenters. The van der Waals surface area contributed by atoms with Crippen LogP contribution in [-0.2, 0) is 10.2 Å². The lowest BCUT2D eigenvalue weighted by Crippen LogP contribution is -2.13. The summed E-state index contributed by atoms with van der Waals surface area (Å²) >= 11 is 0. The molecular formula is C21H26N4O2. The van der Waals surface area contributed by atoms with Crippen molar-refractivity contribution in [3.8, 4) is 0 Å². The van der Waals surface area contributed by atoms with E-state index in [9.17, 15) is 4.79 Å². The molecule has 3 aromatic rings. The van der Waals surface area contributed by atoms with Gasteiger partial charge < -0.3 is 20.8 Å². The number of hydrogen-bond donors (Lipinski definition) is 3. The number of nitrogens with two attached hydrogens (primary N) is 1. The second-order valence-corrected chi connectivity index (χ2v) is 7.59. The molecule has 0 saturated carbocycles. The van der Waals surface area contributed by atoms with Crippen molar-refractivity contribution >= 4 is 34.4 Å². The van der Waals surface area contributed by atoms with E-state index in [-0.39, 0.29) is 11.3 Å². The summed E-state index contributed by atoms with van der Waals surface area (Å²) in [4.78, 5) is 16.3. The summed E-state index contributed by atoms with van der Waals surface area (Å²) in [5.74, 6) is -0.0326. The molecule has 0 aliphatic heterocycles. The van der Waals surface area contributed by atoms with Gasteiger partial charge in [-0.15, -0.1) is 0 Å². The Morgan fingerprint density at radius 2 is 1.81 bits per heavy atom. The van der Waals surface area contributed by atoms with Gasteiger partial charge in [-0.2, -0.15) is 4.98 Å². The molecule has 0 atom stereocenters. The van der Waals surface area contributed by atoms with Gasteiger partial charge in [0.25, 0.3) is 6.01 Å². The van der Waals surface area contributed by atoms with Gasteiger partial charge >= 0.3 is 0 Å². The van der Waals surface area contributed by atoms with Crippen molar-refractivity contribution in [3.05, 3.63) is 48.0 Å². The molecule has 0 aliphatic carbocycles. The lowest BCUT2D eigenvalue weighted by molar-refractivity contribution is -0.116. The van der Waals surface area contributed by atoms with Crippen molar-refractivity contribution in [2.75, 3.05) is 17.2 Å². The van der Waals surface area contributed by atoms with Gasteiger partial charge in [-0.25, -0.2) is 0 Å². The average Bonchev–Trinajstić information content (AvgIpc) is 3.02. The van der Waals surface area contributed by atoms with Gasteiger partial charge in [-0.1, -0.05) is 26.8 Å². The van der Waals surface area contributed by atoms with E-state index in [1.165, 1.54) is 5.56 Å². The minimum atomic E-state index is -0.0326.